The summed E-state index contributed by atoms with van der Waals surface area (Å²) in [6.07, 6.45) is 0. The standard InChI is InChI=1S/C17H17N3S2/c1-11-9-15(13(3)22-11)12(2)19-20-17-18-16(10-21-17)14-7-5-4-6-8-14/h4-10H,1-3H3,(H,18,20)/b19-12-. The highest BCUT2D eigenvalue weighted by Crippen LogP contribution is 2.25. The minimum absolute atomic E-state index is 0.808. The van der Waals surface area contributed by atoms with Crippen molar-refractivity contribution in [2.45, 2.75) is 20.8 Å². The summed E-state index contributed by atoms with van der Waals surface area (Å²) in [6, 6.07) is 12.3. The Bertz CT molecular complexity index is 800. The van der Waals surface area contributed by atoms with Crippen LogP contribution in [0, 0.1) is 13.8 Å². The van der Waals surface area contributed by atoms with Crippen LogP contribution in [0.25, 0.3) is 11.3 Å². The minimum atomic E-state index is 0.808. The van der Waals surface area contributed by atoms with Crippen LogP contribution in [0.1, 0.15) is 22.2 Å². The van der Waals surface area contributed by atoms with Gasteiger partial charge >= 0.3 is 0 Å². The third kappa shape index (κ3) is 3.26. The maximum atomic E-state index is 4.58. The largest absolute Gasteiger partial charge is 0.252 e. The second-order valence-corrected chi connectivity index (χ2v) is 7.36. The van der Waals surface area contributed by atoms with Gasteiger partial charge in [0.25, 0.3) is 0 Å². The molecular formula is C17H17N3S2. The molecule has 0 atom stereocenters. The van der Waals surface area contributed by atoms with Crippen molar-refractivity contribution >= 4 is 33.5 Å². The SMILES string of the molecule is C/C(=N/Nc1nc(-c2ccccc2)cs1)c1cc(C)sc1C. The van der Waals surface area contributed by atoms with Crippen LogP contribution in [0.3, 0.4) is 0 Å². The zero-order valence-electron chi connectivity index (χ0n) is 12.8. The molecule has 22 heavy (non-hydrogen) atoms. The topological polar surface area (TPSA) is 37.3 Å². The molecule has 3 aromatic rings. The summed E-state index contributed by atoms with van der Waals surface area (Å²) in [5.74, 6) is 0. The molecule has 0 saturated carbocycles. The van der Waals surface area contributed by atoms with E-state index >= 15 is 0 Å². The van der Waals surface area contributed by atoms with Gasteiger partial charge in [-0.3, -0.25) is 5.43 Å². The molecule has 0 spiro atoms. The molecule has 1 N–H and O–H groups in total. The van der Waals surface area contributed by atoms with Gasteiger partial charge in [0.2, 0.25) is 5.13 Å². The summed E-state index contributed by atoms with van der Waals surface area (Å²) in [6.45, 7) is 6.27. The maximum Gasteiger partial charge on any atom is 0.203 e. The lowest BCUT2D eigenvalue weighted by Crippen LogP contribution is -1.99. The summed E-state index contributed by atoms with van der Waals surface area (Å²) >= 11 is 3.36. The van der Waals surface area contributed by atoms with Gasteiger partial charge in [-0.1, -0.05) is 30.3 Å². The van der Waals surface area contributed by atoms with E-state index in [2.05, 4.69) is 47.6 Å². The second kappa shape index (κ2) is 6.42. The lowest BCUT2D eigenvalue weighted by Gasteiger charge is -2.00. The third-order valence-corrected chi connectivity index (χ3v) is 5.04. The number of benzene rings is 1. The van der Waals surface area contributed by atoms with Crippen molar-refractivity contribution in [3.63, 3.8) is 0 Å². The Morgan fingerprint density at radius 1 is 1.18 bits per heavy atom. The molecule has 0 aliphatic carbocycles. The number of thiazole rings is 1. The van der Waals surface area contributed by atoms with Crippen molar-refractivity contribution in [1.82, 2.24) is 4.98 Å². The quantitative estimate of drug-likeness (QED) is 0.520. The number of rotatable bonds is 4. The minimum Gasteiger partial charge on any atom is -0.252 e. The van der Waals surface area contributed by atoms with E-state index in [4.69, 9.17) is 0 Å². The van der Waals surface area contributed by atoms with Crippen LogP contribution in [-0.2, 0) is 0 Å². The highest BCUT2D eigenvalue weighted by Gasteiger charge is 2.07. The first-order valence-corrected chi connectivity index (χ1v) is 8.72. The average Bonchev–Trinajstić information content (AvgIpc) is 3.12. The van der Waals surface area contributed by atoms with Crippen molar-refractivity contribution in [3.05, 3.63) is 57.1 Å². The van der Waals surface area contributed by atoms with Crippen LogP contribution >= 0.6 is 22.7 Å². The summed E-state index contributed by atoms with van der Waals surface area (Å²) in [7, 11) is 0. The van der Waals surface area contributed by atoms with Crippen LogP contribution in [0.4, 0.5) is 5.13 Å². The molecule has 0 aliphatic rings. The van der Waals surface area contributed by atoms with Crippen LogP contribution in [-0.4, -0.2) is 10.7 Å². The first kappa shape index (κ1) is 14.9. The van der Waals surface area contributed by atoms with Gasteiger partial charge in [0, 0.05) is 26.3 Å². The first-order valence-electron chi connectivity index (χ1n) is 7.02. The summed E-state index contributed by atoms with van der Waals surface area (Å²) in [5.41, 5.74) is 7.36. The number of nitrogens with one attached hydrogen (secondary N) is 1. The van der Waals surface area contributed by atoms with Crippen LogP contribution in [0.2, 0.25) is 0 Å². The van der Waals surface area contributed by atoms with Crippen molar-refractivity contribution in [2.24, 2.45) is 5.10 Å². The van der Waals surface area contributed by atoms with Crippen molar-refractivity contribution in [2.75, 3.05) is 5.43 Å². The lowest BCUT2D eigenvalue weighted by atomic mass is 10.2. The monoisotopic (exact) mass is 327 g/mol. The number of thiophene rings is 1. The van der Waals surface area contributed by atoms with E-state index in [0.29, 0.717) is 0 Å². The number of aryl methyl sites for hydroxylation is 2. The van der Waals surface area contributed by atoms with E-state index in [9.17, 15) is 0 Å². The second-order valence-electron chi connectivity index (χ2n) is 5.04. The Balaban J connectivity index is 1.76. The van der Waals surface area contributed by atoms with Gasteiger partial charge in [-0.15, -0.1) is 22.7 Å². The highest BCUT2D eigenvalue weighted by molar-refractivity contribution is 7.14. The summed E-state index contributed by atoms with van der Waals surface area (Å²) < 4.78 is 0. The van der Waals surface area contributed by atoms with Crippen molar-refractivity contribution < 1.29 is 0 Å². The Morgan fingerprint density at radius 3 is 2.64 bits per heavy atom. The molecule has 0 aliphatic heterocycles. The van der Waals surface area contributed by atoms with E-state index in [-0.39, 0.29) is 0 Å². The molecule has 0 saturated heterocycles. The van der Waals surface area contributed by atoms with Gasteiger partial charge in [0.15, 0.2) is 0 Å². The van der Waals surface area contributed by atoms with E-state index in [1.807, 2.05) is 30.5 Å². The molecule has 2 heterocycles. The van der Waals surface area contributed by atoms with E-state index in [1.165, 1.54) is 15.3 Å². The van der Waals surface area contributed by atoms with Crippen molar-refractivity contribution in [1.29, 1.82) is 0 Å². The predicted octanol–water partition coefficient (Wildman–Crippen LogP) is 5.32. The molecular weight excluding hydrogens is 310 g/mol. The first-order chi connectivity index (χ1) is 10.6. The molecule has 3 rings (SSSR count). The molecule has 0 amide bonds. The molecule has 1 aromatic carbocycles. The van der Waals surface area contributed by atoms with E-state index in [0.717, 1.165) is 22.1 Å². The molecule has 3 nitrogen and oxygen atoms in total. The van der Waals surface area contributed by atoms with Crippen molar-refractivity contribution in [3.8, 4) is 11.3 Å². The number of anilines is 1. The molecule has 0 unspecified atom stereocenters. The molecule has 5 heteroatoms. The third-order valence-electron chi connectivity index (χ3n) is 3.32. The normalized spacial score (nSPS) is 11.7. The van der Waals surface area contributed by atoms with Gasteiger partial charge in [-0.05, 0) is 26.8 Å². The fourth-order valence-corrected chi connectivity index (χ4v) is 3.89. The van der Waals surface area contributed by atoms with Crippen LogP contribution < -0.4 is 5.43 Å². The van der Waals surface area contributed by atoms with E-state index < -0.39 is 0 Å². The summed E-state index contributed by atoms with van der Waals surface area (Å²) in [5, 5.41) is 7.32. The van der Waals surface area contributed by atoms with E-state index in [1.54, 1.807) is 22.7 Å². The van der Waals surface area contributed by atoms with Crippen LogP contribution in [0.15, 0.2) is 46.9 Å². The predicted molar refractivity (Wildman–Crippen MR) is 97.2 cm³/mol. The Labute approximate surface area is 138 Å². The Morgan fingerprint density at radius 2 is 1.95 bits per heavy atom. The summed E-state index contributed by atoms with van der Waals surface area (Å²) in [4.78, 5) is 7.18. The smallest absolute Gasteiger partial charge is 0.203 e. The number of nitrogens with zero attached hydrogens (tertiary/aromatic N) is 2. The molecule has 2 aromatic heterocycles. The number of hydrogen-bond acceptors (Lipinski definition) is 5. The Hall–Kier alpha value is -1.98. The average molecular weight is 327 g/mol. The molecule has 0 fully saturated rings. The van der Waals surface area contributed by atoms with Gasteiger partial charge in [-0.2, -0.15) is 5.10 Å². The fourth-order valence-electron chi connectivity index (χ4n) is 2.25. The van der Waals surface area contributed by atoms with Gasteiger partial charge in [0.1, 0.15) is 0 Å². The fraction of sp³-hybridized carbons (Fsp3) is 0.176. The Kier molecular flexibility index (Phi) is 4.36. The molecule has 0 bridgehead atoms. The zero-order valence-corrected chi connectivity index (χ0v) is 14.4. The number of aromatic nitrogens is 1. The van der Waals surface area contributed by atoms with Gasteiger partial charge < -0.3 is 0 Å². The number of hydrazone groups is 1. The lowest BCUT2D eigenvalue weighted by molar-refractivity contribution is 1.27. The maximum absolute atomic E-state index is 4.58. The highest BCUT2D eigenvalue weighted by atomic mass is 32.1. The van der Waals surface area contributed by atoms with Gasteiger partial charge in [0.05, 0.1) is 11.4 Å². The van der Waals surface area contributed by atoms with Gasteiger partial charge in [-0.25, -0.2) is 4.98 Å². The van der Waals surface area contributed by atoms with Crippen LogP contribution in [0.5, 0.6) is 0 Å². The zero-order chi connectivity index (χ0) is 15.5. The molecule has 112 valence electrons. The number of hydrogen-bond donors (Lipinski definition) is 1. The molecule has 0 radical (unpaired) electrons.